The van der Waals surface area contributed by atoms with Gasteiger partial charge in [0.05, 0.1) is 25.9 Å². The predicted octanol–water partition coefficient (Wildman–Crippen LogP) is 3.69. The molecule has 0 saturated carbocycles. The van der Waals surface area contributed by atoms with Crippen molar-refractivity contribution in [3.05, 3.63) is 40.6 Å². The minimum atomic E-state index is 0.222. The normalized spacial score (nSPS) is 19.3. The first-order chi connectivity index (χ1) is 13.9. The number of thiophene rings is 1. The van der Waals surface area contributed by atoms with Gasteiger partial charge in [0.15, 0.2) is 17.5 Å². The van der Waals surface area contributed by atoms with Crippen LogP contribution in [0, 0.1) is 0 Å². The van der Waals surface area contributed by atoms with Gasteiger partial charge in [0.1, 0.15) is 0 Å². The van der Waals surface area contributed by atoms with Crippen LogP contribution < -0.4 is 20.1 Å². The molecule has 28 heavy (non-hydrogen) atoms. The Morgan fingerprint density at radius 1 is 1.11 bits per heavy atom. The van der Waals surface area contributed by atoms with Crippen molar-refractivity contribution in [2.24, 2.45) is 4.99 Å². The largest absolute Gasteiger partial charge is 0.490 e. The molecular weight excluding hydrogens is 374 g/mol. The van der Waals surface area contributed by atoms with Crippen molar-refractivity contribution >= 4 is 23.0 Å². The Morgan fingerprint density at radius 2 is 2.04 bits per heavy atom. The van der Waals surface area contributed by atoms with Gasteiger partial charge in [0.2, 0.25) is 0 Å². The second-order valence-electron chi connectivity index (χ2n) is 6.92. The lowest BCUT2D eigenvalue weighted by atomic mass is 10.2. The van der Waals surface area contributed by atoms with Crippen LogP contribution in [0.15, 0.2) is 40.7 Å². The number of rotatable bonds is 6. The molecule has 3 heterocycles. The first kappa shape index (κ1) is 19.1. The van der Waals surface area contributed by atoms with Crippen molar-refractivity contribution in [1.82, 2.24) is 5.32 Å². The van der Waals surface area contributed by atoms with Gasteiger partial charge in [-0.1, -0.05) is 6.07 Å². The van der Waals surface area contributed by atoms with Gasteiger partial charge in [-0.25, -0.2) is 0 Å². The van der Waals surface area contributed by atoms with Crippen LogP contribution in [0.2, 0.25) is 0 Å². The zero-order valence-electron chi connectivity index (χ0n) is 16.0. The first-order valence-electron chi connectivity index (χ1n) is 9.96. The molecule has 0 amide bonds. The third kappa shape index (κ3) is 5.39. The number of benzene rings is 1. The SMILES string of the molecule is c1csc(CCNC(=NCC2CCCO2)Nc2ccc3c(c2)OCCCO3)c1. The van der Waals surface area contributed by atoms with E-state index in [1.165, 1.54) is 4.88 Å². The molecule has 1 unspecified atom stereocenters. The van der Waals surface area contributed by atoms with Gasteiger partial charge >= 0.3 is 0 Å². The summed E-state index contributed by atoms with van der Waals surface area (Å²) < 4.78 is 17.2. The number of aliphatic imine (C=N–C) groups is 1. The minimum absolute atomic E-state index is 0.222. The van der Waals surface area contributed by atoms with E-state index in [0.29, 0.717) is 19.8 Å². The van der Waals surface area contributed by atoms with Crippen molar-refractivity contribution in [2.45, 2.75) is 31.8 Å². The summed E-state index contributed by atoms with van der Waals surface area (Å²) in [4.78, 5) is 6.11. The number of ether oxygens (including phenoxy) is 3. The lowest BCUT2D eigenvalue weighted by Crippen LogP contribution is -2.33. The molecule has 1 fully saturated rings. The third-order valence-electron chi connectivity index (χ3n) is 4.73. The van der Waals surface area contributed by atoms with Crippen LogP contribution in [-0.2, 0) is 11.2 Å². The molecule has 0 spiro atoms. The van der Waals surface area contributed by atoms with Crippen LogP contribution in [0.1, 0.15) is 24.1 Å². The molecule has 2 aliphatic rings. The topological polar surface area (TPSA) is 64.1 Å². The quantitative estimate of drug-likeness (QED) is 0.571. The van der Waals surface area contributed by atoms with Gasteiger partial charge < -0.3 is 24.8 Å². The standard InChI is InChI=1S/C21H27N3O3S/c1-4-17(25-10-1)15-23-21(22-9-8-18-5-2-13-28-18)24-16-6-7-19-20(14-16)27-12-3-11-26-19/h2,5-7,13-14,17H,1,3-4,8-12,15H2,(H2,22,23,24). The van der Waals surface area contributed by atoms with E-state index in [4.69, 9.17) is 19.2 Å². The maximum Gasteiger partial charge on any atom is 0.195 e. The molecule has 1 aromatic heterocycles. The smallest absolute Gasteiger partial charge is 0.195 e. The van der Waals surface area contributed by atoms with Crippen molar-refractivity contribution < 1.29 is 14.2 Å². The molecule has 0 aliphatic carbocycles. The van der Waals surface area contributed by atoms with Crippen LogP contribution in [-0.4, -0.2) is 45.0 Å². The highest BCUT2D eigenvalue weighted by molar-refractivity contribution is 7.09. The number of guanidine groups is 1. The molecule has 2 N–H and O–H groups in total. The number of nitrogens with zero attached hydrogens (tertiary/aromatic N) is 1. The fourth-order valence-electron chi connectivity index (χ4n) is 3.26. The van der Waals surface area contributed by atoms with E-state index in [-0.39, 0.29) is 6.10 Å². The van der Waals surface area contributed by atoms with Crippen molar-refractivity contribution in [3.8, 4) is 11.5 Å². The summed E-state index contributed by atoms with van der Waals surface area (Å²) in [7, 11) is 0. The van der Waals surface area contributed by atoms with E-state index in [1.54, 1.807) is 11.3 Å². The maximum atomic E-state index is 5.80. The predicted molar refractivity (Wildman–Crippen MR) is 113 cm³/mol. The molecule has 150 valence electrons. The summed E-state index contributed by atoms with van der Waals surface area (Å²) in [5, 5.41) is 8.95. The van der Waals surface area contributed by atoms with E-state index in [2.05, 4.69) is 28.1 Å². The first-order valence-corrected chi connectivity index (χ1v) is 10.8. The molecule has 1 aromatic carbocycles. The van der Waals surface area contributed by atoms with Crippen LogP contribution >= 0.6 is 11.3 Å². The number of fused-ring (bicyclic) bond motifs is 1. The molecule has 7 heteroatoms. The second-order valence-corrected chi connectivity index (χ2v) is 7.95. The summed E-state index contributed by atoms with van der Waals surface area (Å²) >= 11 is 1.78. The average molecular weight is 402 g/mol. The van der Waals surface area contributed by atoms with Crippen LogP contribution in [0.3, 0.4) is 0 Å². The molecular formula is C21H27N3O3S. The minimum Gasteiger partial charge on any atom is -0.490 e. The van der Waals surface area contributed by atoms with Crippen molar-refractivity contribution in [2.75, 3.05) is 38.2 Å². The fraction of sp³-hybridized carbons (Fsp3) is 0.476. The van der Waals surface area contributed by atoms with Crippen LogP contribution in [0.4, 0.5) is 5.69 Å². The summed E-state index contributed by atoms with van der Waals surface area (Å²) in [6.07, 6.45) is 4.29. The zero-order chi connectivity index (χ0) is 19.0. The van der Waals surface area contributed by atoms with Gasteiger partial charge in [-0.05, 0) is 42.8 Å². The van der Waals surface area contributed by atoms with Gasteiger partial charge in [-0.2, -0.15) is 0 Å². The van der Waals surface area contributed by atoms with Crippen LogP contribution in [0.5, 0.6) is 11.5 Å². The monoisotopic (exact) mass is 401 g/mol. The van der Waals surface area contributed by atoms with Gasteiger partial charge in [0, 0.05) is 36.2 Å². The Kier molecular flexibility index (Phi) is 6.68. The average Bonchev–Trinajstić information content (AvgIpc) is 3.37. The second kappa shape index (κ2) is 9.80. The molecule has 6 nitrogen and oxygen atoms in total. The number of hydrogen-bond donors (Lipinski definition) is 2. The molecule has 4 rings (SSSR count). The highest BCUT2D eigenvalue weighted by Crippen LogP contribution is 2.32. The zero-order valence-corrected chi connectivity index (χ0v) is 16.8. The highest BCUT2D eigenvalue weighted by Gasteiger charge is 2.16. The Hall–Kier alpha value is -2.25. The molecule has 2 aliphatic heterocycles. The summed E-state index contributed by atoms with van der Waals surface area (Å²) in [5.41, 5.74) is 0.930. The number of anilines is 1. The Labute approximate surface area is 169 Å². The van der Waals surface area contributed by atoms with Gasteiger partial charge in [-0.3, -0.25) is 4.99 Å². The van der Waals surface area contributed by atoms with Gasteiger partial charge in [0.25, 0.3) is 0 Å². The van der Waals surface area contributed by atoms with E-state index in [0.717, 1.165) is 62.0 Å². The Morgan fingerprint density at radius 3 is 2.86 bits per heavy atom. The van der Waals surface area contributed by atoms with E-state index >= 15 is 0 Å². The van der Waals surface area contributed by atoms with Crippen LogP contribution in [0.25, 0.3) is 0 Å². The summed E-state index contributed by atoms with van der Waals surface area (Å²) in [5.74, 6) is 2.34. The van der Waals surface area contributed by atoms with E-state index in [9.17, 15) is 0 Å². The summed E-state index contributed by atoms with van der Waals surface area (Å²) in [6.45, 7) is 3.70. The molecule has 0 radical (unpaired) electrons. The summed E-state index contributed by atoms with van der Waals surface area (Å²) in [6, 6.07) is 10.2. The maximum absolute atomic E-state index is 5.80. The fourth-order valence-corrected chi connectivity index (χ4v) is 3.97. The van der Waals surface area contributed by atoms with Crippen molar-refractivity contribution in [1.29, 1.82) is 0 Å². The number of hydrogen-bond acceptors (Lipinski definition) is 5. The van der Waals surface area contributed by atoms with Crippen molar-refractivity contribution in [3.63, 3.8) is 0 Å². The molecule has 1 atom stereocenters. The Balaban J connectivity index is 1.41. The number of nitrogens with one attached hydrogen (secondary N) is 2. The third-order valence-corrected chi connectivity index (χ3v) is 5.67. The van der Waals surface area contributed by atoms with Gasteiger partial charge in [-0.15, -0.1) is 11.3 Å². The lowest BCUT2D eigenvalue weighted by Gasteiger charge is -2.15. The molecule has 0 bridgehead atoms. The highest BCUT2D eigenvalue weighted by atomic mass is 32.1. The Bertz CT molecular complexity index is 773. The van der Waals surface area contributed by atoms with E-state index in [1.807, 2.05) is 18.2 Å². The van der Waals surface area contributed by atoms with E-state index < -0.39 is 0 Å². The lowest BCUT2D eigenvalue weighted by molar-refractivity contribution is 0.118. The molecule has 2 aromatic rings. The molecule has 1 saturated heterocycles.